The highest BCUT2D eigenvalue weighted by atomic mass is 19.4. The molecule has 0 aromatic heterocycles. The molecule has 0 fully saturated rings. The van der Waals surface area contributed by atoms with Gasteiger partial charge in [-0.3, -0.25) is 4.90 Å². The number of carbonyl (C=O) groups is 2. The quantitative estimate of drug-likeness (QED) is 0.571. The highest BCUT2D eigenvalue weighted by molar-refractivity contribution is 5.91. The largest absolute Gasteiger partial charge is 0.481 e. The number of amides is 2. The van der Waals surface area contributed by atoms with E-state index in [4.69, 9.17) is 9.47 Å². The molecule has 0 aliphatic heterocycles. The Hall–Kier alpha value is -3.23. The number of para-hydroxylation sites is 1. The predicted molar refractivity (Wildman–Crippen MR) is 101 cm³/mol. The Labute approximate surface area is 166 Å². The summed E-state index contributed by atoms with van der Waals surface area (Å²) in [4.78, 5) is 25.3. The first-order chi connectivity index (χ1) is 13.6. The van der Waals surface area contributed by atoms with Gasteiger partial charge in [0, 0.05) is 18.8 Å². The van der Waals surface area contributed by atoms with Gasteiger partial charge in [0.2, 0.25) is 0 Å². The van der Waals surface area contributed by atoms with Gasteiger partial charge in [0.25, 0.3) is 0 Å². The lowest BCUT2D eigenvalue weighted by Crippen LogP contribution is -2.40. The maximum atomic E-state index is 12.9. The molecule has 2 rings (SSSR count). The number of benzene rings is 2. The molecule has 9 heteroatoms. The fraction of sp³-hybridized carbons (Fsp3) is 0.300. The van der Waals surface area contributed by atoms with Gasteiger partial charge in [-0.15, -0.1) is 0 Å². The van der Waals surface area contributed by atoms with Crippen molar-refractivity contribution in [3.63, 3.8) is 0 Å². The number of carbonyl (C=O) groups excluding carboxylic acids is 2. The third kappa shape index (κ3) is 6.41. The lowest BCUT2D eigenvalue weighted by Gasteiger charge is -2.20. The molecule has 0 unspecified atom stereocenters. The van der Waals surface area contributed by atoms with Crippen molar-refractivity contribution < 1.29 is 32.2 Å². The molecule has 0 spiro atoms. The summed E-state index contributed by atoms with van der Waals surface area (Å²) in [6, 6.07) is 10.4. The molecular formula is C20H21F3N2O4. The molecule has 2 amide bonds. The number of anilines is 1. The minimum atomic E-state index is -4.59. The third-order valence-electron chi connectivity index (χ3n) is 3.71. The molecule has 0 aliphatic rings. The van der Waals surface area contributed by atoms with Gasteiger partial charge in [-0.1, -0.05) is 12.1 Å². The number of ether oxygens (including phenoxy) is 2. The van der Waals surface area contributed by atoms with Crippen molar-refractivity contribution in [2.24, 2.45) is 0 Å². The molecule has 0 bridgehead atoms. The summed E-state index contributed by atoms with van der Waals surface area (Å²) in [5.74, 6) is -1.14. The van der Waals surface area contributed by atoms with Crippen LogP contribution < -0.4 is 19.7 Å². The fourth-order valence-electron chi connectivity index (χ4n) is 2.32. The van der Waals surface area contributed by atoms with Crippen molar-refractivity contribution in [2.75, 3.05) is 18.6 Å². The average molecular weight is 410 g/mol. The number of esters is 1. The Morgan fingerprint density at radius 1 is 1.07 bits per heavy atom. The number of hydrogen-bond donors (Lipinski definition) is 1. The highest BCUT2D eigenvalue weighted by Crippen LogP contribution is 2.35. The van der Waals surface area contributed by atoms with E-state index in [1.807, 2.05) is 13.8 Å². The number of nitrogens with one attached hydrogen (secondary N) is 1. The Morgan fingerprint density at radius 3 is 2.28 bits per heavy atom. The van der Waals surface area contributed by atoms with E-state index in [9.17, 15) is 22.8 Å². The molecule has 29 heavy (non-hydrogen) atoms. The first-order valence-electron chi connectivity index (χ1n) is 8.72. The monoisotopic (exact) mass is 410 g/mol. The van der Waals surface area contributed by atoms with Crippen molar-refractivity contribution >= 4 is 17.7 Å². The first kappa shape index (κ1) is 22.1. The number of rotatable bonds is 6. The van der Waals surface area contributed by atoms with Crippen LogP contribution in [0.2, 0.25) is 0 Å². The normalized spacial score (nSPS) is 11.1. The second-order valence-electron chi connectivity index (χ2n) is 6.41. The number of alkyl halides is 3. The van der Waals surface area contributed by atoms with Gasteiger partial charge < -0.3 is 14.8 Å². The molecule has 1 N–H and O–H groups in total. The lowest BCUT2D eigenvalue weighted by atomic mass is 10.2. The molecule has 0 radical (unpaired) electrons. The minimum Gasteiger partial charge on any atom is -0.481 e. The van der Waals surface area contributed by atoms with E-state index >= 15 is 0 Å². The van der Waals surface area contributed by atoms with Gasteiger partial charge >= 0.3 is 18.2 Å². The zero-order valence-corrected chi connectivity index (χ0v) is 16.1. The SMILES string of the molecule is CC(C)NC(=O)N(C)c1ccc(OC(=O)COc2ccccc2C(F)(F)F)cc1. The van der Waals surface area contributed by atoms with Crippen LogP contribution in [0.1, 0.15) is 19.4 Å². The van der Waals surface area contributed by atoms with Gasteiger partial charge in [0.05, 0.1) is 5.56 Å². The molecular weight excluding hydrogens is 389 g/mol. The summed E-state index contributed by atoms with van der Waals surface area (Å²) in [5, 5.41) is 2.74. The Morgan fingerprint density at radius 2 is 1.69 bits per heavy atom. The molecule has 2 aromatic rings. The van der Waals surface area contributed by atoms with Crippen LogP contribution in [0.5, 0.6) is 11.5 Å². The zero-order chi connectivity index (χ0) is 21.6. The van der Waals surface area contributed by atoms with Gasteiger partial charge in [-0.25, -0.2) is 9.59 Å². The summed E-state index contributed by atoms with van der Waals surface area (Å²) < 4.78 is 48.8. The molecule has 156 valence electrons. The number of halogens is 3. The Balaban J connectivity index is 1.94. The average Bonchev–Trinajstić information content (AvgIpc) is 2.65. The van der Waals surface area contributed by atoms with Crippen LogP contribution in [0.4, 0.5) is 23.7 Å². The van der Waals surface area contributed by atoms with Gasteiger partial charge in [-0.05, 0) is 50.2 Å². The number of urea groups is 1. The molecule has 2 aromatic carbocycles. The zero-order valence-electron chi connectivity index (χ0n) is 16.1. The van der Waals surface area contributed by atoms with Crippen molar-refractivity contribution in [1.82, 2.24) is 5.32 Å². The van der Waals surface area contributed by atoms with E-state index in [-0.39, 0.29) is 17.8 Å². The van der Waals surface area contributed by atoms with Crippen LogP contribution in [0, 0.1) is 0 Å². The van der Waals surface area contributed by atoms with Crippen LogP contribution in [0.15, 0.2) is 48.5 Å². The lowest BCUT2D eigenvalue weighted by molar-refractivity contribution is -0.142. The van der Waals surface area contributed by atoms with E-state index < -0.39 is 30.1 Å². The highest BCUT2D eigenvalue weighted by Gasteiger charge is 2.34. The molecule has 6 nitrogen and oxygen atoms in total. The number of hydrogen-bond acceptors (Lipinski definition) is 4. The first-order valence-corrected chi connectivity index (χ1v) is 8.72. The Kier molecular flexibility index (Phi) is 7.08. The summed E-state index contributed by atoms with van der Waals surface area (Å²) in [6.07, 6.45) is -4.59. The van der Waals surface area contributed by atoms with E-state index in [1.54, 1.807) is 19.2 Å². The topological polar surface area (TPSA) is 67.9 Å². The van der Waals surface area contributed by atoms with Crippen molar-refractivity contribution in [1.29, 1.82) is 0 Å². The fourth-order valence-corrected chi connectivity index (χ4v) is 2.32. The van der Waals surface area contributed by atoms with E-state index in [1.165, 1.54) is 29.2 Å². The number of nitrogens with zero attached hydrogens (tertiary/aromatic N) is 1. The smallest absolute Gasteiger partial charge is 0.419 e. The van der Waals surface area contributed by atoms with Crippen molar-refractivity contribution in [3.05, 3.63) is 54.1 Å². The summed E-state index contributed by atoms with van der Waals surface area (Å²) in [7, 11) is 1.59. The van der Waals surface area contributed by atoms with E-state index in [0.29, 0.717) is 5.69 Å². The van der Waals surface area contributed by atoms with Crippen LogP contribution in [-0.4, -0.2) is 31.7 Å². The standard InChI is InChI=1S/C20H21F3N2O4/c1-13(2)24-19(27)25(3)14-8-10-15(11-9-14)29-18(26)12-28-17-7-5-4-6-16(17)20(21,22)23/h4-11,13H,12H2,1-3H3,(H,24,27). The second-order valence-corrected chi connectivity index (χ2v) is 6.41. The molecule has 0 saturated carbocycles. The minimum absolute atomic E-state index is 0.0207. The van der Waals surface area contributed by atoms with Crippen LogP contribution in [-0.2, 0) is 11.0 Å². The molecule has 0 saturated heterocycles. The third-order valence-corrected chi connectivity index (χ3v) is 3.71. The van der Waals surface area contributed by atoms with E-state index in [0.717, 1.165) is 12.1 Å². The second kappa shape index (κ2) is 9.31. The van der Waals surface area contributed by atoms with Crippen LogP contribution >= 0.6 is 0 Å². The molecule has 0 aliphatic carbocycles. The molecule has 0 atom stereocenters. The van der Waals surface area contributed by atoms with E-state index in [2.05, 4.69) is 5.32 Å². The Bertz CT molecular complexity index is 852. The van der Waals surface area contributed by atoms with Crippen LogP contribution in [0.25, 0.3) is 0 Å². The predicted octanol–water partition coefficient (Wildman–Crippen LogP) is 4.24. The summed E-state index contributed by atoms with van der Waals surface area (Å²) in [5.41, 5.74) is -0.404. The van der Waals surface area contributed by atoms with Gasteiger partial charge in [0.15, 0.2) is 6.61 Å². The van der Waals surface area contributed by atoms with Gasteiger partial charge in [0.1, 0.15) is 11.5 Å². The molecule has 0 heterocycles. The van der Waals surface area contributed by atoms with Crippen LogP contribution in [0.3, 0.4) is 0 Å². The summed E-state index contributed by atoms with van der Waals surface area (Å²) >= 11 is 0. The van der Waals surface area contributed by atoms with Crippen molar-refractivity contribution in [2.45, 2.75) is 26.1 Å². The summed E-state index contributed by atoms with van der Waals surface area (Å²) in [6.45, 7) is 2.98. The van der Waals surface area contributed by atoms with Gasteiger partial charge in [-0.2, -0.15) is 13.2 Å². The van der Waals surface area contributed by atoms with Crippen molar-refractivity contribution in [3.8, 4) is 11.5 Å². The maximum absolute atomic E-state index is 12.9. The maximum Gasteiger partial charge on any atom is 0.419 e.